The first-order chi connectivity index (χ1) is 8.20. The summed E-state index contributed by atoms with van der Waals surface area (Å²) in [5, 5.41) is 0. The van der Waals surface area contributed by atoms with Gasteiger partial charge in [-0.05, 0) is 19.0 Å². The standard InChI is InChI=1S/C14H24N2S2/c1-7-15(5)8-9-16(6)11-10(14(2,3)4)12(17)13(11)18/h7-9H2,1-6H3. The van der Waals surface area contributed by atoms with E-state index in [0.717, 1.165) is 28.7 Å². The van der Waals surface area contributed by atoms with Gasteiger partial charge in [-0.2, -0.15) is 0 Å². The minimum absolute atomic E-state index is 0.0830. The third-order valence-corrected chi connectivity index (χ3v) is 4.31. The summed E-state index contributed by atoms with van der Waals surface area (Å²) in [6.45, 7) is 11.9. The van der Waals surface area contributed by atoms with Gasteiger partial charge in [-0.1, -0.05) is 52.1 Å². The molecule has 0 spiro atoms. The van der Waals surface area contributed by atoms with Gasteiger partial charge in [0.2, 0.25) is 0 Å². The van der Waals surface area contributed by atoms with Crippen LogP contribution >= 0.6 is 24.4 Å². The van der Waals surface area contributed by atoms with Crippen molar-refractivity contribution >= 4 is 30.1 Å². The van der Waals surface area contributed by atoms with E-state index in [2.05, 4.69) is 51.6 Å². The summed E-state index contributed by atoms with van der Waals surface area (Å²) in [5.41, 5.74) is 2.52. The summed E-state index contributed by atoms with van der Waals surface area (Å²) in [5.74, 6) is 0. The fraction of sp³-hybridized carbons (Fsp3) is 0.714. The molecule has 0 saturated heterocycles. The number of anilines is 1. The molecule has 0 fully saturated rings. The van der Waals surface area contributed by atoms with Crippen LogP contribution in [0, 0.1) is 9.02 Å². The highest BCUT2D eigenvalue weighted by atomic mass is 32.1. The van der Waals surface area contributed by atoms with E-state index < -0.39 is 0 Å². The summed E-state index contributed by atoms with van der Waals surface area (Å²) in [6.07, 6.45) is 0. The maximum Gasteiger partial charge on any atom is 0.0798 e. The highest BCUT2D eigenvalue weighted by Gasteiger charge is 2.27. The van der Waals surface area contributed by atoms with Crippen LogP contribution in [-0.2, 0) is 5.41 Å². The Kier molecular flexibility index (Phi) is 5.04. The molecule has 4 heteroatoms. The lowest BCUT2D eigenvalue weighted by Crippen LogP contribution is -2.33. The molecule has 0 unspecified atom stereocenters. The molecule has 2 nitrogen and oxygen atoms in total. The summed E-state index contributed by atoms with van der Waals surface area (Å²) < 4.78 is 1.76. The third-order valence-electron chi connectivity index (χ3n) is 3.37. The average molecular weight is 284 g/mol. The van der Waals surface area contributed by atoms with Crippen molar-refractivity contribution in [2.24, 2.45) is 0 Å². The molecule has 0 amide bonds. The molecule has 1 rings (SSSR count). The molecular formula is C14H24N2S2. The summed E-state index contributed by atoms with van der Waals surface area (Å²) >= 11 is 10.8. The number of hydrogen-bond acceptors (Lipinski definition) is 4. The maximum atomic E-state index is 5.40. The lowest BCUT2D eigenvalue weighted by Gasteiger charge is -2.32. The van der Waals surface area contributed by atoms with Gasteiger partial charge in [0.1, 0.15) is 0 Å². The first kappa shape index (κ1) is 15.7. The second kappa shape index (κ2) is 5.76. The summed E-state index contributed by atoms with van der Waals surface area (Å²) in [6, 6.07) is 0. The van der Waals surface area contributed by atoms with Crippen LogP contribution in [0.5, 0.6) is 0 Å². The molecule has 0 aromatic heterocycles. The van der Waals surface area contributed by atoms with Gasteiger partial charge in [0.05, 0.1) is 14.7 Å². The van der Waals surface area contributed by atoms with Crippen LogP contribution in [0.4, 0.5) is 5.69 Å². The SMILES string of the molecule is CCN(C)CCN(C)c1c(C(C)(C)C)c(=S)c1=S. The van der Waals surface area contributed by atoms with E-state index in [4.69, 9.17) is 24.4 Å². The van der Waals surface area contributed by atoms with E-state index >= 15 is 0 Å². The van der Waals surface area contributed by atoms with E-state index in [1.165, 1.54) is 11.3 Å². The molecule has 0 atom stereocenters. The Morgan fingerprint density at radius 1 is 1.00 bits per heavy atom. The zero-order valence-electron chi connectivity index (χ0n) is 12.3. The van der Waals surface area contributed by atoms with Gasteiger partial charge >= 0.3 is 0 Å². The lowest BCUT2D eigenvalue weighted by molar-refractivity contribution is 0.360. The molecule has 1 aromatic carbocycles. The van der Waals surface area contributed by atoms with Gasteiger partial charge in [0.25, 0.3) is 0 Å². The van der Waals surface area contributed by atoms with Crippen molar-refractivity contribution in [2.45, 2.75) is 33.1 Å². The Bertz CT molecular complexity index is 479. The second-order valence-electron chi connectivity index (χ2n) is 5.95. The fourth-order valence-corrected chi connectivity index (χ4v) is 2.89. The first-order valence-corrected chi connectivity index (χ1v) is 7.25. The van der Waals surface area contributed by atoms with Crippen molar-refractivity contribution in [3.05, 3.63) is 14.6 Å². The average Bonchev–Trinajstić information content (AvgIpc) is 2.29. The predicted molar refractivity (Wildman–Crippen MR) is 85.6 cm³/mol. The van der Waals surface area contributed by atoms with Gasteiger partial charge in [0, 0.05) is 25.7 Å². The van der Waals surface area contributed by atoms with Crippen LogP contribution in [0.25, 0.3) is 0 Å². The Labute approximate surface area is 121 Å². The Morgan fingerprint density at radius 3 is 2.00 bits per heavy atom. The van der Waals surface area contributed by atoms with Crippen molar-refractivity contribution in [1.82, 2.24) is 4.90 Å². The van der Waals surface area contributed by atoms with Gasteiger partial charge in [0.15, 0.2) is 0 Å². The molecule has 102 valence electrons. The normalized spacial score (nSPS) is 12.4. The van der Waals surface area contributed by atoms with E-state index in [0.29, 0.717) is 0 Å². The number of hydrogen-bond donors (Lipinski definition) is 0. The quantitative estimate of drug-likeness (QED) is 0.760. The zero-order valence-corrected chi connectivity index (χ0v) is 14.0. The van der Waals surface area contributed by atoms with Crippen molar-refractivity contribution in [1.29, 1.82) is 0 Å². The molecule has 0 aliphatic heterocycles. The van der Waals surface area contributed by atoms with E-state index in [9.17, 15) is 0 Å². The Morgan fingerprint density at radius 2 is 1.56 bits per heavy atom. The van der Waals surface area contributed by atoms with Gasteiger partial charge in [-0.15, -0.1) is 0 Å². The smallest absolute Gasteiger partial charge is 0.0798 e. The highest BCUT2D eigenvalue weighted by molar-refractivity contribution is 7.74. The fourth-order valence-electron chi connectivity index (χ4n) is 2.03. The van der Waals surface area contributed by atoms with Gasteiger partial charge in [-0.25, -0.2) is 0 Å². The van der Waals surface area contributed by atoms with Crippen molar-refractivity contribution in [3.63, 3.8) is 0 Å². The topological polar surface area (TPSA) is 6.48 Å². The summed E-state index contributed by atoms with van der Waals surface area (Å²) in [7, 11) is 4.25. The van der Waals surface area contributed by atoms with Gasteiger partial charge < -0.3 is 9.80 Å². The van der Waals surface area contributed by atoms with Crippen molar-refractivity contribution in [2.75, 3.05) is 38.6 Å². The lowest BCUT2D eigenvalue weighted by atomic mass is 9.83. The zero-order chi connectivity index (χ0) is 14.1. The van der Waals surface area contributed by atoms with Crippen LogP contribution in [0.1, 0.15) is 33.3 Å². The highest BCUT2D eigenvalue weighted by Crippen LogP contribution is 2.38. The molecule has 18 heavy (non-hydrogen) atoms. The molecule has 0 radical (unpaired) electrons. The van der Waals surface area contributed by atoms with Crippen molar-refractivity contribution in [3.8, 4) is 0 Å². The van der Waals surface area contributed by atoms with Crippen LogP contribution < -0.4 is 4.90 Å². The molecule has 0 aliphatic carbocycles. The molecular weight excluding hydrogens is 260 g/mol. The molecule has 0 bridgehead atoms. The van der Waals surface area contributed by atoms with Crippen LogP contribution in [-0.4, -0.2) is 38.6 Å². The first-order valence-electron chi connectivity index (χ1n) is 6.43. The van der Waals surface area contributed by atoms with E-state index in [1.54, 1.807) is 0 Å². The minimum atomic E-state index is 0.0830. The summed E-state index contributed by atoms with van der Waals surface area (Å²) in [4.78, 5) is 4.55. The predicted octanol–water partition coefficient (Wildman–Crippen LogP) is 3.71. The number of rotatable bonds is 5. The number of likely N-dealkylation sites (N-methyl/N-ethyl adjacent to an activating group) is 2. The molecule has 0 saturated carbocycles. The molecule has 0 N–H and O–H groups in total. The Balaban J connectivity index is 2.88. The molecule has 0 heterocycles. The van der Waals surface area contributed by atoms with Gasteiger partial charge in [-0.3, -0.25) is 0 Å². The van der Waals surface area contributed by atoms with Crippen LogP contribution in [0.3, 0.4) is 0 Å². The minimum Gasteiger partial charge on any atom is -0.372 e. The molecule has 1 aromatic rings. The maximum absolute atomic E-state index is 5.40. The third kappa shape index (κ3) is 3.16. The second-order valence-corrected chi connectivity index (χ2v) is 6.77. The van der Waals surface area contributed by atoms with Crippen molar-refractivity contribution < 1.29 is 0 Å². The molecule has 0 aliphatic rings. The number of nitrogens with zero attached hydrogens (tertiary/aromatic N) is 2. The monoisotopic (exact) mass is 284 g/mol. The largest absolute Gasteiger partial charge is 0.372 e. The van der Waals surface area contributed by atoms with E-state index in [1.807, 2.05) is 0 Å². The Hall–Kier alpha value is -0.320. The van der Waals surface area contributed by atoms with E-state index in [-0.39, 0.29) is 5.41 Å². The van der Waals surface area contributed by atoms with Crippen LogP contribution in [0.15, 0.2) is 0 Å². The van der Waals surface area contributed by atoms with Crippen LogP contribution in [0.2, 0.25) is 0 Å².